The van der Waals surface area contributed by atoms with Gasteiger partial charge in [-0.2, -0.15) is 0 Å². The van der Waals surface area contributed by atoms with E-state index in [2.05, 4.69) is 0 Å². The Bertz CT molecular complexity index is 759. The topological polar surface area (TPSA) is 99.4 Å². The molecule has 2 aliphatic rings. The van der Waals surface area contributed by atoms with Crippen LogP contribution in [0.5, 0.6) is 5.75 Å². The summed E-state index contributed by atoms with van der Waals surface area (Å²) in [6, 6.07) is 7.82. The molecule has 4 N–H and O–H groups in total. The Labute approximate surface area is 176 Å². The van der Waals surface area contributed by atoms with E-state index in [0.717, 1.165) is 16.9 Å². The van der Waals surface area contributed by atoms with Crippen LogP contribution in [0.4, 0.5) is 0 Å². The van der Waals surface area contributed by atoms with Gasteiger partial charge in [0.05, 0.1) is 19.3 Å². The summed E-state index contributed by atoms with van der Waals surface area (Å²) in [6.45, 7) is 4.01. The molecule has 0 aromatic heterocycles. The highest BCUT2D eigenvalue weighted by Gasteiger charge is 2.50. The van der Waals surface area contributed by atoms with Crippen molar-refractivity contribution in [2.75, 3.05) is 13.2 Å². The monoisotopic (exact) mass is 424 g/mol. The summed E-state index contributed by atoms with van der Waals surface area (Å²) in [5.74, 6) is 0.811. The Morgan fingerprint density at radius 3 is 2.45 bits per heavy atom. The Hall–Kier alpha value is -1.41. The van der Waals surface area contributed by atoms with Crippen LogP contribution in [0.3, 0.4) is 0 Å². The molecule has 29 heavy (non-hydrogen) atoms. The van der Waals surface area contributed by atoms with E-state index in [0.29, 0.717) is 24.5 Å². The molecule has 1 aromatic rings. The van der Waals surface area contributed by atoms with Gasteiger partial charge in [0, 0.05) is 10.4 Å². The van der Waals surface area contributed by atoms with E-state index in [9.17, 15) is 20.4 Å². The van der Waals surface area contributed by atoms with Gasteiger partial charge in [-0.1, -0.05) is 36.7 Å². The zero-order chi connectivity index (χ0) is 21.2. The van der Waals surface area contributed by atoms with Gasteiger partial charge in [-0.15, -0.1) is 0 Å². The Kier molecular flexibility index (Phi) is 7.04. The first kappa shape index (κ1) is 22.3. The van der Waals surface area contributed by atoms with E-state index < -0.39 is 42.5 Å². The fraction of sp³-hybridized carbons (Fsp3) is 0.545. The van der Waals surface area contributed by atoms with Crippen molar-refractivity contribution >= 4 is 11.6 Å². The summed E-state index contributed by atoms with van der Waals surface area (Å²) < 4.78 is 11.3. The molecule has 7 heteroatoms. The van der Waals surface area contributed by atoms with Crippen LogP contribution in [-0.2, 0) is 11.2 Å². The van der Waals surface area contributed by atoms with E-state index in [1.807, 2.05) is 44.2 Å². The van der Waals surface area contributed by atoms with Crippen molar-refractivity contribution in [3.8, 4) is 5.75 Å². The minimum Gasteiger partial charge on any atom is -0.494 e. The zero-order valence-corrected chi connectivity index (χ0v) is 17.4. The summed E-state index contributed by atoms with van der Waals surface area (Å²) in [7, 11) is 0. The predicted molar refractivity (Wildman–Crippen MR) is 110 cm³/mol. The second kappa shape index (κ2) is 9.16. The van der Waals surface area contributed by atoms with Crippen LogP contribution in [0.2, 0.25) is 0 Å². The summed E-state index contributed by atoms with van der Waals surface area (Å²) in [5.41, 5.74) is 1.40. The first-order chi connectivity index (χ1) is 13.8. The maximum absolute atomic E-state index is 10.5. The molecular formula is C22H29ClO6. The predicted octanol–water partition coefficient (Wildman–Crippen LogP) is 1.93. The second-order valence-electron chi connectivity index (χ2n) is 7.97. The molecule has 1 aliphatic carbocycles. The molecule has 160 valence electrons. The number of aliphatic hydroxyl groups is 4. The lowest BCUT2D eigenvalue weighted by Gasteiger charge is -2.48. The van der Waals surface area contributed by atoms with Gasteiger partial charge < -0.3 is 29.9 Å². The molecule has 1 aromatic carbocycles. The van der Waals surface area contributed by atoms with Gasteiger partial charge >= 0.3 is 0 Å². The molecule has 0 radical (unpaired) electrons. The largest absolute Gasteiger partial charge is 0.494 e. The quantitative estimate of drug-likeness (QED) is 0.557. The molecule has 6 unspecified atom stereocenters. The fourth-order valence-electron chi connectivity index (χ4n) is 4.09. The van der Waals surface area contributed by atoms with Crippen molar-refractivity contribution in [2.45, 2.75) is 57.2 Å². The number of benzene rings is 1. The number of halogens is 1. The average molecular weight is 425 g/mol. The van der Waals surface area contributed by atoms with E-state index in [-0.39, 0.29) is 0 Å². The summed E-state index contributed by atoms with van der Waals surface area (Å²) in [6.07, 6.45) is -0.988. The van der Waals surface area contributed by atoms with Gasteiger partial charge in [0.25, 0.3) is 0 Å². The summed E-state index contributed by atoms with van der Waals surface area (Å²) in [4.78, 5) is 0. The van der Waals surface area contributed by atoms with Crippen LogP contribution in [0.25, 0.3) is 0 Å². The average Bonchev–Trinajstić information content (AvgIpc) is 2.71. The third-order valence-electron chi connectivity index (χ3n) is 5.74. The van der Waals surface area contributed by atoms with Gasteiger partial charge in [-0.3, -0.25) is 0 Å². The van der Waals surface area contributed by atoms with Crippen LogP contribution in [0, 0.1) is 5.41 Å². The minimum atomic E-state index is -1.40. The number of hydrogen-bond acceptors (Lipinski definition) is 6. The number of hydrogen-bond donors (Lipinski definition) is 4. The minimum absolute atomic E-state index is 0.448. The van der Waals surface area contributed by atoms with Crippen molar-refractivity contribution < 1.29 is 29.9 Å². The first-order valence-electron chi connectivity index (χ1n) is 9.88. The highest BCUT2D eigenvalue weighted by molar-refractivity contribution is 6.31. The molecule has 0 amide bonds. The van der Waals surface area contributed by atoms with Crippen LogP contribution >= 0.6 is 11.6 Å². The van der Waals surface area contributed by atoms with Gasteiger partial charge in [-0.05, 0) is 49.1 Å². The summed E-state index contributed by atoms with van der Waals surface area (Å²) in [5, 5.41) is 40.9. The summed E-state index contributed by atoms with van der Waals surface area (Å²) >= 11 is 6.46. The Morgan fingerprint density at radius 1 is 1.14 bits per heavy atom. The highest BCUT2D eigenvalue weighted by Crippen LogP contribution is 2.44. The first-order valence-corrected chi connectivity index (χ1v) is 10.3. The Morgan fingerprint density at radius 2 is 1.83 bits per heavy atom. The molecule has 1 heterocycles. The van der Waals surface area contributed by atoms with Crippen LogP contribution in [0.15, 0.2) is 47.0 Å². The third kappa shape index (κ3) is 4.68. The van der Waals surface area contributed by atoms with Crippen LogP contribution < -0.4 is 4.74 Å². The van der Waals surface area contributed by atoms with Gasteiger partial charge in [-0.25, -0.2) is 0 Å². The van der Waals surface area contributed by atoms with Crippen molar-refractivity contribution in [3.05, 3.63) is 52.6 Å². The lowest BCUT2D eigenvalue weighted by Crippen LogP contribution is -2.62. The highest BCUT2D eigenvalue weighted by atomic mass is 35.5. The molecular weight excluding hydrogens is 396 g/mol. The molecule has 1 saturated heterocycles. The third-order valence-corrected chi connectivity index (χ3v) is 6.13. The van der Waals surface area contributed by atoms with Crippen LogP contribution in [0.1, 0.15) is 25.8 Å². The zero-order valence-electron chi connectivity index (χ0n) is 16.7. The lowest BCUT2D eigenvalue weighted by atomic mass is 9.70. The molecule has 3 rings (SSSR count). The molecule has 0 saturated carbocycles. The molecule has 0 spiro atoms. The van der Waals surface area contributed by atoms with Crippen molar-refractivity contribution in [2.24, 2.45) is 5.41 Å². The molecule has 0 bridgehead atoms. The number of ether oxygens (including phenoxy) is 2. The van der Waals surface area contributed by atoms with Gasteiger partial charge in [0.1, 0.15) is 30.2 Å². The number of allylic oxidation sites excluding steroid dienone is 3. The van der Waals surface area contributed by atoms with E-state index in [1.165, 1.54) is 0 Å². The SMILES string of the molecule is CCOc1ccc(CC2=C(Cl)C=CC(C)(C3OC(CO)C(O)C(O)C3O)C2)cc1. The standard InChI is InChI=1S/C22H29ClO6/c1-3-28-15-6-4-13(5-7-15)10-14-11-22(2,9-8-16(14)23)21-20(27)19(26)18(25)17(12-24)29-21/h4-9,17-21,24-27H,3,10-12H2,1-2H3. The smallest absolute Gasteiger partial charge is 0.119 e. The van der Waals surface area contributed by atoms with Gasteiger partial charge in [0.15, 0.2) is 0 Å². The van der Waals surface area contributed by atoms with E-state index >= 15 is 0 Å². The Balaban J connectivity index is 1.78. The number of rotatable bonds is 6. The fourth-order valence-corrected chi connectivity index (χ4v) is 4.29. The molecule has 6 atom stereocenters. The molecule has 1 aliphatic heterocycles. The second-order valence-corrected chi connectivity index (χ2v) is 8.38. The molecule has 1 fully saturated rings. The van der Waals surface area contributed by atoms with Gasteiger partial charge in [0.2, 0.25) is 0 Å². The van der Waals surface area contributed by atoms with E-state index in [1.54, 1.807) is 6.08 Å². The molecule has 6 nitrogen and oxygen atoms in total. The maximum atomic E-state index is 10.5. The normalized spacial score (nSPS) is 35.1. The van der Waals surface area contributed by atoms with E-state index in [4.69, 9.17) is 21.1 Å². The van der Waals surface area contributed by atoms with Crippen molar-refractivity contribution in [1.29, 1.82) is 0 Å². The maximum Gasteiger partial charge on any atom is 0.119 e. The number of aliphatic hydroxyl groups excluding tert-OH is 4. The van der Waals surface area contributed by atoms with Crippen molar-refractivity contribution in [3.63, 3.8) is 0 Å². The van der Waals surface area contributed by atoms with Crippen LogP contribution in [-0.4, -0.2) is 64.2 Å². The van der Waals surface area contributed by atoms with Crippen molar-refractivity contribution in [1.82, 2.24) is 0 Å². The lowest BCUT2D eigenvalue weighted by molar-refractivity contribution is -0.249.